The average molecular weight is 327 g/mol. The van der Waals surface area contributed by atoms with Crippen LogP contribution >= 0.6 is 11.3 Å². The Morgan fingerprint density at radius 1 is 1.43 bits per heavy atom. The average Bonchev–Trinajstić information content (AvgIpc) is 2.70. The molecule has 7 heteroatoms. The summed E-state index contributed by atoms with van der Waals surface area (Å²) >= 11 is 1.28. The molecule has 1 aliphatic rings. The first-order valence-electron chi connectivity index (χ1n) is 6.63. The number of rotatable bonds is 1. The van der Waals surface area contributed by atoms with E-state index in [1.54, 1.807) is 11.0 Å². The number of aliphatic hydroxyl groups excluding tert-OH is 1. The lowest BCUT2D eigenvalue weighted by Gasteiger charge is -2.18. The van der Waals surface area contributed by atoms with Crippen molar-refractivity contribution in [2.45, 2.75) is 13.3 Å². The molecule has 0 atom stereocenters. The van der Waals surface area contributed by atoms with E-state index in [9.17, 15) is 13.2 Å². The van der Waals surface area contributed by atoms with E-state index < -0.39 is 9.84 Å². The molecule has 0 spiro atoms. The summed E-state index contributed by atoms with van der Waals surface area (Å²) in [5.74, 6) is 5.42. The van der Waals surface area contributed by atoms with Gasteiger partial charge in [0.15, 0.2) is 9.84 Å². The van der Waals surface area contributed by atoms with Crippen molar-refractivity contribution < 1.29 is 18.3 Å². The van der Waals surface area contributed by atoms with E-state index in [0.29, 0.717) is 17.8 Å². The summed E-state index contributed by atoms with van der Waals surface area (Å²) in [5, 5.41) is 8.72. The number of carbonyl (C=O) groups is 1. The highest BCUT2D eigenvalue weighted by Gasteiger charge is 2.24. The molecule has 21 heavy (non-hydrogen) atoms. The van der Waals surface area contributed by atoms with E-state index in [-0.39, 0.29) is 30.6 Å². The molecule has 5 nitrogen and oxygen atoms in total. The van der Waals surface area contributed by atoms with Crippen LogP contribution in [-0.4, -0.2) is 55.5 Å². The number of aliphatic hydroxyl groups is 1. The number of sulfone groups is 1. The van der Waals surface area contributed by atoms with Crippen molar-refractivity contribution in [1.29, 1.82) is 0 Å². The minimum absolute atomic E-state index is 0.0280. The predicted molar refractivity (Wildman–Crippen MR) is 82.2 cm³/mol. The van der Waals surface area contributed by atoms with Crippen LogP contribution in [0, 0.1) is 18.8 Å². The van der Waals surface area contributed by atoms with Crippen LogP contribution in [0.15, 0.2) is 6.07 Å². The summed E-state index contributed by atoms with van der Waals surface area (Å²) in [7, 11) is -3.02. The largest absolute Gasteiger partial charge is 0.384 e. The van der Waals surface area contributed by atoms with Gasteiger partial charge in [0.25, 0.3) is 5.91 Å². The molecule has 114 valence electrons. The van der Waals surface area contributed by atoms with Gasteiger partial charge in [-0.2, -0.15) is 0 Å². The molecule has 0 aliphatic carbocycles. The second-order valence-corrected chi connectivity index (χ2v) is 8.24. The van der Waals surface area contributed by atoms with Crippen molar-refractivity contribution in [2.75, 3.05) is 31.2 Å². The molecule has 1 aromatic heterocycles. The van der Waals surface area contributed by atoms with Crippen LogP contribution in [0.5, 0.6) is 0 Å². The number of amides is 1. The molecule has 0 bridgehead atoms. The molecule has 0 radical (unpaired) electrons. The molecule has 1 fully saturated rings. The maximum atomic E-state index is 12.4. The smallest absolute Gasteiger partial charge is 0.264 e. The quantitative estimate of drug-likeness (QED) is 0.769. The monoisotopic (exact) mass is 327 g/mol. The van der Waals surface area contributed by atoms with Crippen LogP contribution in [-0.2, 0) is 9.84 Å². The van der Waals surface area contributed by atoms with Crippen LogP contribution in [0.2, 0.25) is 0 Å². The van der Waals surface area contributed by atoms with Crippen molar-refractivity contribution in [3.8, 4) is 11.8 Å². The fourth-order valence-electron chi connectivity index (χ4n) is 2.13. The summed E-state index contributed by atoms with van der Waals surface area (Å²) in [5.41, 5.74) is 0.895. The number of aryl methyl sites for hydroxylation is 1. The Morgan fingerprint density at radius 3 is 2.90 bits per heavy atom. The summed E-state index contributed by atoms with van der Waals surface area (Å²) in [6, 6.07) is 1.77. The summed E-state index contributed by atoms with van der Waals surface area (Å²) in [4.78, 5) is 15.4. The molecular weight excluding hydrogens is 310 g/mol. The number of nitrogens with zero attached hydrogens (tertiary/aromatic N) is 1. The van der Waals surface area contributed by atoms with Gasteiger partial charge in [-0.15, -0.1) is 11.3 Å². The Bertz CT molecular complexity index is 694. The van der Waals surface area contributed by atoms with Gasteiger partial charge >= 0.3 is 0 Å². The topological polar surface area (TPSA) is 74.7 Å². The molecule has 2 heterocycles. The Balaban J connectivity index is 2.16. The summed E-state index contributed by atoms with van der Waals surface area (Å²) in [6.07, 6.45) is 0.482. The fraction of sp³-hybridized carbons (Fsp3) is 0.500. The third kappa shape index (κ3) is 4.06. The van der Waals surface area contributed by atoms with E-state index in [1.165, 1.54) is 11.3 Å². The third-order valence-corrected chi connectivity index (χ3v) is 6.11. The van der Waals surface area contributed by atoms with Gasteiger partial charge in [-0.25, -0.2) is 8.42 Å². The maximum absolute atomic E-state index is 12.4. The van der Waals surface area contributed by atoms with Crippen LogP contribution in [0.1, 0.15) is 26.5 Å². The van der Waals surface area contributed by atoms with Crippen molar-refractivity contribution >= 4 is 27.1 Å². The molecule has 0 unspecified atom stereocenters. The normalized spacial score (nSPS) is 17.7. The predicted octanol–water partition coefficient (Wildman–Crippen LogP) is 0.661. The first kappa shape index (κ1) is 16.0. The Morgan fingerprint density at radius 2 is 2.19 bits per heavy atom. The van der Waals surface area contributed by atoms with Gasteiger partial charge in [0.1, 0.15) is 6.61 Å². The van der Waals surface area contributed by atoms with Gasteiger partial charge in [0.2, 0.25) is 0 Å². The van der Waals surface area contributed by atoms with E-state index >= 15 is 0 Å². The first-order valence-corrected chi connectivity index (χ1v) is 9.26. The van der Waals surface area contributed by atoms with E-state index in [2.05, 4.69) is 11.8 Å². The van der Waals surface area contributed by atoms with Gasteiger partial charge in [-0.3, -0.25) is 4.79 Å². The van der Waals surface area contributed by atoms with Crippen LogP contribution in [0.4, 0.5) is 0 Å². The minimum Gasteiger partial charge on any atom is -0.384 e. The van der Waals surface area contributed by atoms with Crippen molar-refractivity contribution in [2.24, 2.45) is 0 Å². The van der Waals surface area contributed by atoms with Gasteiger partial charge in [-0.1, -0.05) is 11.8 Å². The zero-order valence-electron chi connectivity index (χ0n) is 11.8. The minimum atomic E-state index is -3.02. The molecule has 1 N–H and O–H groups in total. The summed E-state index contributed by atoms with van der Waals surface area (Å²) in [6.45, 7) is 2.36. The fourth-order valence-corrected chi connectivity index (χ4v) is 4.42. The number of hydrogen-bond acceptors (Lipinski definition) is 5. The highest BCUT2D eigenvalue weighted by atomic mass is 32.2. The molecule has 2 rings (SSSR count). The Labute approximate surface area is 128 Å². The van der Waals surface area contributed by atoms with Crippen molar-refractivity contribution in [3.63, 3.8) is 0 Å². The molecule has 1 aromatic rings. The lowest BCUT2D eigenvalue weighted by atomic mass is 10.2. The Kier molecular flexibility index (Phi) is 5.04. The number of thiophene rings is 1. The van der Waals surface area contributed by atoms with E-state index in [1.807, 2.05) is 6.92 Å². The third-order valence-electron chi connectivity index (χ3n) is 3.25. The zero-order chi connectivity index (χ0) is 15.5. The number of hydrogen-bond donors (Lipinski definition) is 1. The summed E-state index contributed by atoms with van der Waals surface area (Å²) < 4.78 is 23.1. The molecule has 0 aromatic carbocycles. The van der Waals surface area contributed by atoms with Crippen molar-refractivity contribution in [3.05, 3.63) is 21.4 Å². The van der Waals surface area contributed by atoms with E-state index in [4.69, 9.17) is 5.11 Å². The first-order chi connectivity index (χ1) is 9.93. The van der Waals surface area contributed by atoms with Crippen molar-refractivity contribution in [1.82, 2.24) is 4.90 Å². The lowest BCUT2D eigenvalue weighted by molar-refractivity contribution is 0.0773. The highest BCUT2D eigenvalue weighted by Crippen LogP contribution is 2.23. The SMILES string of the molecule is Cc1cc(C(=O)N2CCCS(=O)(=O)CC2)sc1C#CCO. The molecular formula is C14H17NO4S2. The zero-order valence-corrected chi connectivity index (χ0v) is 13.4. The highest BCUT2D eigenvalue weighted by molar-refractivity contribution is 7.91. The second-order valence-electron chi connectivity index (χ2n) is 4.88. The molecule has 1 amide bonds. The van der Waals surface area contributed by atoms with Gasteiger partial charge in [-0.05, 0) is 25.0 Å². The molecule has 1 aliphatic heterocycles. The van der Waals surface area contributed by atoms with E-state index in [0.717, 1.165) is 10.4 Å². The maximum Gasteiger partial charge on any atom is 0.264 e. The molecule has 0 saturated carbocycles. The second kappa shape index (κ2) is 6.60. The van der Waals surface area contributed by atoms with Crippen LogP contribution in [0.3, 0.4) is 0 Å². The van der Waals surface area contributed by atoms with Crippen LogP contribution in [0.25, 0.3) is 0 Å². The van der Waals surface area contributed by atoms with Gasteiger partial charge in [0, 0.05) is 13.1 Å². The van der Waals surface area contributed by atoms with Gasteiger partial charge in [0.05, 0.1) is 21.3 Å². The lowest BCUT2D eigenvalue weighted by Crippen LogP contribution is -2.33. The molecule has 1 saturated heterocycles. The number of carbonyl (C=O) groups excluding carboxylic acids is 1. The Hall–Kier alpha value is -1.36. The van der Waals surface area contributed by atoms with Crippen LogP contribution < -0.4 is 0 Å². The van der Waals surface area contributed by atoms with Gasteiger partial charge < -0.3 is 10.0 Å². The standard InChI is InChI=1S/C14H17NO4S2/c1-11-10-13(20-12(11)4-2-7-16)14(17)15-5-3-8-21(18,19)9-6-15/h10,16H,3,5-9H2,1H3.